The Morgan fingerprint density at radius 3 is 1.90 bits per heavy atom. The predicted molar refractivity (Wildman–Crippen MR) is 299 cm³/mol. The average Bonchev–Trinajstić information content (AvgIpc) is 3.60. The second kappa shape index (κ2) is 24.3. The molecule has 1 aliphatic heterocycles. The number of benzene rings is 4. The number of thioether (sulfide) groups is 1. The minimum Gasteiger partial charge on any atom is -0.467 e. The van der Waals surface area contributed by atoms with Gasteiger partial charge in [0.25, 0.3) is 8.32 Å². The summed E-state index contributed by atoms with van der Waals surface area (Å²) in [5, 5.41) is 2.47. The predicted octanol–water partition coefficient (Wildman–Crippen LogP) is 14.5. The van der Waals surface area contributed by atoms with Crippen LogP contribution in [0.5, 0.6) is 5.75 Å². The SMILES string of the molecule is COCOc1cc(Cl)cc(C(CC[C@H]2OC(C)(C)O[C@@H]2C(/C=C\[C@H](C)[C@H](C)O[Si](c2ccccc2)(c2ccccc2)C(C)(C)C)O[Si](C)(C)C(C)(C)C)Sc2ccccc2)c1C(=O)OCC[Si](C)(C)C. The number of carbonyl (C=O) groups is 1. The summed E-state index contributed by atoms with van der Waals surface area (Å²) in [4.78, 5) is 15.3. The Kier molecular flexibility index (Phi) is 20.1. The van der Waals surface area contributed by atoms with Crippen molar-refractivity contribution in [3.05, 3.63) is 131 Å². The van der Waals surface area contributed by atoms with Gasteiger partial charge in [0.1, 0.15) is 17.4 Å². The van der Waals surface area contributed by atoms with E-state index >= 15 is 0 Å². The fourth-order valence-corrected chi connectivity index (χ4v) is 16.9. The molecule has 4 aromatic carbocycles. The monoisotopic (exact) mass is 1050 g/mol. The molecule has 0 bridgehead atoms. The highest BCUT2D eigenvalue weighted by Crippen LogP contribution is 2.47. The number of carbonyl (C=O) groups excluding carboxylic acids is 1. The Morgan fingerprint density at radius 2 is 1.37 bits per heavy atom. The van der Waals surface area contributed by atoms with Gasteiger partial charge in [0.05, 0.1) is 18.8 Å². The molecule has 1 fully saturated rings. The first-order valence-corrected chi connectivity index (χ1v) is 34.8. The van der Waals surface area contributed by atoms with Crippen LogP contribution in [0.15, 0.2) is 120 Å². The van der Waals surface area contributed by atoms with E-state index in [1.807, 2.05) is 38.1 Å². The van der Waals surface area contributed by atoms with Gasteiger partial charge in [-0.05, 0) is 109 Å². The van der Waals surface area contributed by atoms with Gasteiger partial charge in [-0.1, -0.05) is 171 Å². The molecular weight excluding hydrogens is 964 g/mol. The molecule has 1 saturated heterocycles. The zero-order valence-electron chi connectivity index (χ0n) is 45.0. The van der Waals surface area contributed by atoms with Gasteiger partial charge in [0.15, 0.2) is 20.9 Å². The maximum atomic E-state index is 14.3. The van der Waals surface area contributed by atoms with Gasteiger partial charge in [0, 0.05) is 36.5 Å². The maximum Gasteiger partial charge on any atom is 0.342 e. The summed E-state index contributed by atoms with van der Waals surface area (Å²) in [6, 6.07) is 36.3. The van der Waals surface area contributed by atoms with Gasteiger partial charge in [-0.25, -0.2) is 4.79 Å². The molecule has 1 aliphatic rings. The van der Waals surface area contributed by atoms with Crippen LogP contribution in [0.4, 0.5) is 0 Å². The van der Waals surface area contributed by atoms with Crippen molar-refractivity contribution >= 4 is 64.4 Å². The average molecular weight is 1050 g/mol. The number of ether oxygens (including phenoxy) is 5. The van der Waals surface area contributed by atoms with Crippen LogP contribution in [-0.2, 0) is 27.8 Å². The van der Waals surface area contributed by atoms with E-state index in [1.54, 1.807) is 24.9 Å². The maximum absolute atomic E-state index is 14.3. The Balaban J connectivity index is 1.54. The number of hydrogen-bond acceptors (Lipinski definition) is 9. The molecule has 4 aromatic rings. The van der Waals surface area contributed by atoms with Crippen molar-refractivity contribution < 1.29 is 37.3 Å². The van der Waals surface area contributed by atoms with Crippen LogP contribution >= 0.6 is 23.4 Å². The third-order valence-corrected chi connectivity index (χ3v) is 26.6. The van der Waals surface area contributed by atoms with Gasteiger partial charge in [-0.2, -0.15) is 0 Å². The van der Waals surface area contributed by atoms with E-state index in [-0.39, 0.29) is 40.2 Å². The smallest absolute Gasteiger partial charge is 0.342 e. The van der Waals surface area contributed by atoms with Crippen LogP contribution in [0.25, 0.3) is 0 Å². The first kappa shape index (κ1) is 57.9. The van der Waals surface area contributed by atoms with E-state index < -0.39 is 48.7 Å². The van der Waals surface area contributed by atoms with E-state index in [0.717, 1.165) is 16.5 Å². The fraction of sp³-hybridized carbons (Fsp3) is 0.526. The molecule has 5 rings (SSSR count). The highest BCUT2D eigenvalue weighted by Gasteiger charge is 2.52. The lowest BCUT2D eigenvalue weighted by Crippen LogP contribution is -2.67. The van der Waals surface area contributed by atoms with Crippen molar-refractivity contribution in [1.82, 2.24) is 0 Å². The van der Waals surface area contributed by atoms with Gasteiger partial charge in [0.2, 0.25) is 0 Å². The number of hydrogen-bond donors (Lipinski definition) is 0. The molecule has 384 valence electrons. The molecule has 0 aliphatic carbocycles. The van der Waals surface area contributed by atoms with Crippen molar-refractivity contribution in [1.29, 1.82) is 0 Å². The van der Waals surface area contributed by atoms with Crippen molar-refractivity contribution in [3.8, 4) is 5.75 Å². The van der Waals surface area contributed by atoms with E-state index in [4.69, 9.17) is 44.1 Å². The first-order valence-electron chi connectivity index (χ1n) is 25.0. The zero-order valence-corrected chi connectivity index (χ0v) is 49.6. The fourth-order valence-electron chi connectivity index (χ4n) is 8.71. The van der Waals surface area contributed by atoms with Crippen LogP contribution in [0.3, 0.4) is 0 Å². The Morgan fingerprint density at radius 1 is 0.800 bits per heavy atom. The molecular formula is C57H83ClO8SSi3. The highest BCUT2D eigenvalue weighted by atomic mass is 35.5. The number of methoxy groups -OCH3 is 1. The topological polar surface area (TPSA) is 81.7 Å². The first-order chi connectivity index (χ1) is 32.7. The van der Waals surface area contributed by atoms with Crippen LogP contribution < -0.4 is 15.1 Å². The number of halogens is 1. The van der Waals surface area contributed by atoms with Crippen LogP contribution in [0.1, 0.15) is 103 Å². The molecule has 70 heavy (non-hydrogen) atoms. The summed E-state index contributed by atoms with van der Waals surface area (Å²) < 4.78 is 46.3. The minimum atomic E-state index is -2.82. The van der Waals surface area contributed by atoms with Crippen molar-refractivity contribution in [2.24, 2.45) is 5.92 Å². The summed E-state index contributed by atoms with van der Waals surface area (Å²) in [7, 11) is -5.15. The number of rotatable bonds is 23. The summed E-state index contributed by atoms with van der Waals surface area (Å²) in [6.45, 7) is 33.8. The molecule has 8 nitrogen and oxygen atoms in total. The van der Waals surface area contributed by atoms with Crippen molar-refractivity contribution in [2.45, 2.75) is 171 Å². The molecule has 13 heteroatoms. The van der Waals surface area contributed by atoms with E-state index in [1.165, 1.54) is 10.4 Å². The third kappa shape index (κ3) is 15.3. The Labute approximate surface area is 434 Å². The molecule has 0 amide bonds. The van der Waals surface area contributed by atoms with Crippen LogP contribution in [-0.4, -0.2) is 81.4 Å². The van der Waals surface area contributed by atoms with E-state index in [0.29, 0.717) is 35.8 Å². The molecule has 2 unspecified atom stereocenters. The molecule has 0 spiro atoms. The summed E-state index contributed by atoms with van der Waals surface area (Å²) in [6.07, 6.45) is 4.35. The number of esters is 1. The molecule has 1 heterocycles. The Hall–Kier alpha value is -3.02. The normalized spacial score (nSPS) is 18.6. The summed E-state index contributed by atoms with van der Waals surface area (Å²) in [5.74, 6) is -0.970. The minimum absolute atomic E-state index is 0.0221. The third-order valence-electron chi connectivity index (χ3n) is 13.7. The van der Waals surface area contributed by atoms with Crippen molar-refractivity contribution in [2.75, 3.05) is 20.5 Å². The van der Waals surface area contributed by atoms with Crippen molar-refractivity contribution in [3.63, 3.8) is 0 Å². The molecule has 0 aromatic heterocycles. The lowest BCUT2D eigenvalue weighted by Gasteiger charge is -2.45. The quantitative estimate of drug-likeness (QED) is 0.0237. The van der Waals surface area contributed by atoms with Gasteiger partial charge in [-0.3, -0.25) is 0 Å². The van der Waals surface area contributed by atoms with Crippen LogP contribution in [0.2, 0.25) is 53.9 Å². The summed E-state index contributed by atoms with van der Waals surface area (Å²) >= 11 is 8.58. The second-order valence-electron chi connectivity index (χ2n) is 23.1. The van der Waals surface area contributed by atoms with Gasteiger partial charge >= 0.3 is 5.97 Å². The zero-order chi connectivity index (χ0) is 51.7. The van der Waals surface area contributed by atoms with Gasteiger partial charge in [-0.15, -0.1) is 11.8 Å². The largest absolute Gasteiger partial charge is 0.467 e. The van der Waals surface area contributed by atoms with E-state index in [2.05, 4.69) is 173 Å². The molecule has 0 N–H and O–H groups in total. The highest BCUT2D eigenvalue weighted by molar-refractivity contribution is 7.99. The lowest BCUT2D eigenvalue weighted by molar-refractivity contribution is -0.152. The second-order valence-corrected chi connectivity index (χ2v) is 39.4. The molecule has 0 saturated carbocycles. The molecule has 0 radical (unpaired) electrons. The standard InChI is InChI=1S/C57H83ClO8SSi3/c1-41(42(2)65-70(56(6,7)8,45-28-22-18-23-29-45)46-30-24-19-25-31-46)32-33-49(66-69(15,16)55(3,4)5)53-48(63-57(9,10)64-53)34-35-51(67-44-26-20-17-21-27-44)47-38-43(58)39-50(62-40-60-11)52(47)54(59)61-36-37-68(12,13)14/h17-33,38-39,41-42,48-49,51,53H,34-37,40H2,1-16H3/b33-32-/t41-,42-,48+,49?,51?,53-/m0/s1. The van der Waals surface area contributed by atoms with E-state index in [9.17, 15) is 4.79 Å². The Bertz CT molecular complexity index is 2250. The lowest BCUT2D eigenvalue weighted by atomic mass is 9.96. The molecule has 6 atom stereocenters. The van der Waals surface area contributed by atoms with Crippen LogP contribution in [0, 0.1) is 5.92 Å². The summed E-state index contributed by atoms with van der Waals surface area (Å²) in [5.41, 5.74) is 1.09. The van der Waals surface area contributed by atoms with Gasteiger partial charge < -0.3 is 32.5 Å².